The van der Waals surface area contributed by atoms with E-state index in [9.17, 15) is 13.5 Å². The SMILES string of the molecule is CS(=O)(=O)c1ncc(CN(CCO)Cc2cccs2)n1C[C@H]1CCCO1. The highest BCUT2D eigenvalue weighted by molar-refractivity contribution is 7.90. The fourth-order valence-electron chi connectivity index (χ4n) is 3.21. The van der Waals surface area contributed by atoms with Crippen LogP contribution in [-0.4, -0.2) is 60.1 Å². The van der Waals surface area contributed by atoms with Gasteiger partial charge in [-0.3, -0.25) is 4.90 Å². The maximum Gasteiger partial charge on any atom is 0.227 e. The van der Waals surface area contributed by atoms with E-state index in [2.05, 4.69) is 16.0 Å². The van der Waals surface area contributed by atoms with Crippen molar-refractivity contribution in [2.75, 3.05) is 26.0 Å². The Hall–Kier alpha value is -1.26. The summed E-state index contributed by atoms with van der Waals surface area (Å²) in [6.07, 6.45) is 4.76. The molecule has 2 aromatic rings. The minimum absolute atomic E-state index is 0.0204. The van der Waals surface area contributed by atoms with Crippen LogP contribution in [0.1, 0.15) is 23.4 Å². The van der Waals surface area contributed by atoms with Gasteiger partial charge in [0.05, 0.1) is 31.1 Å². The van der Waals surface area contributed by atoms with Crippen LogP contribution in [0.5, 0.6) is 0 Å². The van der Waals surface area contributed by atoms with Gasteiger partial charge in [-0.25, -0.2) is 13.4 Å². The minimum Gasteiger partial charge on any atom is -0.395 e. The molecule has 26 heavy (non-hydrogen) atoms. The molecule has 1 N–H and O–H groups in total. The summed E-state index contributed by atoms with van der Waals surface area (Å²) in [7, 11) is -3.42. The fourth-order valence-corrected chi connectivity index (χ4v) is 4.79. The first-order chi connectivity index (χ1) is 12.5. The number of aromatic nitrogens is 2. The van der Waals surface area contributed by atoms with E-state index < -0.39 is 9.84 Å². The summed E-state index contributed by atoms with van der Waals surface area (Å²) >= 11 is 1.67. The van der Waals surface area contributed by atoms with Gasteiger partial charge in [0.25, 0.3) is 0 Å². The first-order valence-corrected chi connectivity index (χ1v) is 11.5. The number of thiophene rings is 1. The number of ether oxygens (including phenoxy) is 1. The molecule has 1 aliphatic heterocycles. The van der Waals surface area contributed by atoms with Crippen LogP contribution >= 0.6 is 11.3 Å². The Kier molecular flexibility index (Phi) is 6.46. The van der Waals surface area contributed by atoms with Crippen molar-refractivity contribution in [1.29, 1.82) is 0 Å². The Balaban J connectivity index is 1.83. The first kappa shape index (κ1) is 19.5. The predicted molar refractivity (Wildman–Crippen MR) is 99.8 cm³/mol. The van der Waals surface area contributed by atoms with E-state index in [-0.39, 0.29) is 17.9 Å². The molecule has 7 nitrogen and oxygen atoms in total. The van der Waals surface area contributed by atoms with Gasteiger partial charge < -0.3 is 14.4 Å². The lowest BCUT2D eigenvalue weighted by atomic mass is 10.2. The molecular weight excluding hydrogens is 374 g/mol. The summed E-state index contributed by atoms with van der Waals surface area (Å²) in [6.45, 7) is 2.99. The van der Waals surface area contributed by atoms with Crippen molar-refractivity contribution in [2.24, 2.45) is 0 Å². The summed E-state index contributed by atoms with van der Waals surface area (Å²) in [5.41, 5.74) is 0.825. The van der Waals surface area contributed by atoms with E-state index >= 15 is 0 Å². The monoisotopic (exact) mass is 399 g/mol. The third-order valence-electron chi connectivity index (χ3n) is 4.40. The molecule has 3 heterocycles. The van der Waals surface area contributed by atoms with E-state index in [1.54, 1.807) is 22.1 Å². The molecule has 0 saturated carbocycles. The zero-order valence-corrected chi connectivity index (χ0v) is 16.5. The standard InChI is InChI=1S/C17H25N3O4S2/c1-26(22,23)17-18-10-14(20(17)12-15-4-2-8-24-15)11-19(6-7-21)13-16-5-3-9-25-16/h3,5,9-10,15,21H,2,4,6-8,11-13H2,1H3/t15-/m1/s1. The molecular formula is C17H25N3O4S2. The number of aliphatic hydroxyl groups is 1. The first-order valence-electron chi connectivity index (χ1n) is 8.69. The smallest absolute Gasteiger partial charge is 0.227 e. The average molecular weight is 400 g/mol. The van der Waals surface area contributed by atoms with Gasteiger partial charge in [0.1, 0.15) is 0 Å². The lowest BCUT2D eigenvalue weighted by Crippen LogP contribution is -2.28. The molecule has 0 aliphatic carbocycles. The van der Waals surface area contributed by atoms with Gasteiger partial charge in [-0.15, -0.1) is 11.3 Å². The highest BCUT2D eigenvalue weighted by Crippen LogP contribution is 2.21. The normalized spacial score (nSPS) is 18.0. The van der Waals surface area contributed by atoms with Crippen LogP contribution in [-0.2, 0) is 34.2 Å². The number of sulfone groups is 1. The molecule has 9 heteroatoms. The minimum atomic E-state index is -3.42. The van der Waals surface area contributed by atoms with Crippen molar-refractivity contribution in [2.45, 2.75) is 43.7 Å². The van der Waals surface area contributed by atoms with Crippen LogP contribution in [0.2, 0.25) is 0 Å². The van der Waals surface area contributed by atoms with Crippen molar-refractivity contribution < 1.29 is 18.3 Å². The molecule has 2 aromatic heterocycles. The summed E-state index contributed by atoms with van der Waals surface area (Å²) in [5.74, 6) is 0. The largest absolute Gasteiger partial charge is 0.395 e. The number of hydrogen-bond donors (Lipinski definition) is 1. The van der Waals surface area contributed by atoms with E-state index in [4.69, 9.17) is 4.74 Å². The van der Waals surface area contributed by atoms with Crippen molar-refractivity contribution in [3.8, 4) is 0 Å². The Morgan fingerprint density at radius 1 is 1.46 bits per heavy atom. The molecule has 1 aliphatic rings. The molecule has 3 rings (SSSR count). The number of imidazole rings is 1. The van der Waals surface area contributed by atoms with Crippen LogP contribution < -0.4 is 0 Å². The molecule has 1 saturated heterocycles. The topological polar surface area (TPSA) is 84.7 Å². The van der Waals surface area contributed by atoms with Gasteiger partial charge in [-0.1, -0.05) is 6.07 Å². The van der Waals surface area contributed by atoms with E-state index in [0.29, 0.717) is 26.2 Å². The molecule has 0 radical (unpaired) electrons. The summed E-state index contributed by atoms with van der Waals surface area (Å²) in [5, 5.41) is 11.5. The number of hydrogen-bond acceptors (Lipinski definition) is 7. The van der Waals surface area contributed by atoms with Crippen molar-refractivity contribution >= 4 is 21.2 Å². The zero-order chi connectivity index (χ0) is 18.6. The maximum absolute atomic E-state index is 12.1. The third-order valence-corrected chi connectivity index (χ3v) is 6.26. The second-order valence-corrected chi connectivity index (χ2v) is 9.51. The Bertz CT molecular complexity index is 796. The molecule has 144 valence electrons. The van der Waals surface area contributed by atoms with E-state index in [1.165, 1.54) is 11.1 Å². The Morgan fingerprint density at radius 2 is 2.31 bits per heavy atom. The van der Waals surface area contributed by atoms with Crippen LogP contribution in [0.15, 0.2) is 28.9 Å². The van der Waals surface area contributed by atoms with Crippen LogP contribution in [0.25, 0.3) is 0 Å². The highest BCUT2D eigenvalue weighted by Gasteiger charge is 2.24. The molecule has 0 spiro atoms. The zero-order valence-electron chi connectivity index (χ0n) is 14.9. The second-order valence-electron chi connectivity index (χ2n) is 6.56. The number of aliphatic hydroxyl groups excluding tert-OH is 1. The van der Waals surface area contributed by atoms with E-state index in [1.807, 2.05) is 11.4 Å². The highest BCUT2D eigenvalue weighted by atomic mass is 32.2. The number of nitrogens with zero attached hydrogens (tertiary/aromatic N) is 3. The quantitative estimate of drug-likeness (QED) is 0.688. The molecule has 0 amide bonds. The van der Waals surface area contributed by atoms with Gasteiger partial charge in [0, 0.05) is 37.4 Å². The van der Waals surface area contributed by atoms with Crippen LogP contribution in [0.4, 0.5) is 0 Å². The maximum atomic E-state index is 12.1. The van der Waals surface area contributed by atoms with Gasteiger partial charge in [0.15, 0.2) is 0 Å². The van der Waals surface area contributed by atoms with Crippen LogP contribution in [0.3, 0.4) is 0 Å². The van der Waals surface area contributed by atoms with E-state index in [0.717, 1.165) is 25.1 Å². The Morgan fingerprint density at radius 3 is 2.92 bits per heavy atom. The van der Waals surface area contributed by atoms with Gasteiger partial charge in [-0.05, 0) is 24.3 Å². The summed E-state index contributed by atoms with van der Waals surface area (Å²) in [4.78, 5) is 7.47. The fraction of sp³-hybridized carbons (Fsp3) is 0.588. The molecule has 0 unspecified atom stereocenters. The molecule has 0 aromatic carbocycles. The summed E-state index contributed by atoms with van der Waals surface area (Å²) < 4.78 is 31.7. The molecule has 1 atom stereocenters. The van der Waals surface area contributed by atoms with Gasteiger partial charge >= 0.3 is 0 Å². The van der Waals surface area contributed by atoms with Crippen LogP contribution in [0, 0.1) is 0 Å². The lowest BCUT2D eigenvalue weighted by Gasteiger charge is -2.22. The van der Waals surface area contributed by atoms with Crippen molar-refractivity contribution in [3.05, 3.63) is 34.3 Å². The predicted octanol–water partition coefficient (Wildman–Crippen LogP) is 1.52. The number of rotatable bonds is 9. The second kappa shape index (κ2) is 8.62. The van der Waals surface area contributed by atoms with Crippen molar-refractivity contribution in [1.82, 2.24) is 14.5 Å². The third kappa shape index (κ3) is 4.92. The molecule has 0 bridgehead atoms. The average Bonchev–Trinajstić information content (AvgIpc) is 3.30. The Labute approximate surface area is 158 Å². The van der Waals surface area contributed by atoms with Gasteiger partial charge in [-0.2, -0.15) is 0 Å². The molecule has 1 fully saturated rings. The summed E-state index contributed by atoms with van der Waals surface area (Å²) in [6, 6.07) is 4.06. The van der Waals surface area contributed by atoms with Gasteiger partial charge in [0.2, 0.25) is 15.0 Å². The van der Waals surface area contributed by atoms with Crippen molar-refractivity contribution in [3.63, 3.8) is 0 Å². The lowest BCUT2D eigenvalue weighted by molar-refractivity contribution is 0.0928.